The van der Waals surface area contributed by atoms with Gasteiger partial charge in [-0.25, -0.2) is 0 Å². The molecular weight excluding hydrogens is 112 g/mol. The maximum atomic E-state index is 5.50. The molecule has 0 bridgehead atoms. The minimum atomic E-state index is 0.934. The molecule has 1 heterocycles. The SMILES string of the molecule is ClN1C=NCCC1. The van der Waals surface area contributed by atoms with Crippen molar-refractivity contribution in [2.24, 2.45) is 4.99 Å². The van der Waals surface area contributed by atoms with Crippen molar-refractivity contribution in [1.82, 2.24) is 4.42 Å². The summed E-state index contributed by atoms with van der Waals surface area (Å²) in [5.41, 5.74) is 0. The highest BCUT2D eigenvalue weighted by atomic mass is 35.5. The number of rotatable bonds is 0. The molecule has 0 saturated heterocycles. The summed E-state index contributed by atoms with van der Waals surface area (Å²) in [6.45, 7) is 1.87. The molecule has 1 aliphatic heterocycles. The third kappa shape index (κ3) is 1.35. The largest absolute Gasteiger partial charge is 0.275 e. The maximum Gasteiger partial charge on any atom is 0.0995 e. The van der Waals surface area contributed by atoms with E-state index < -0.39 is 0 Å². The van der Waals surface area contributed by atoms with Gasteiger partial charge in [0.25, 0.3) is 0 Å². The molecule has 0 aromatic heterocycles. The number of hydrogen-bond acceptors (Lipinski definition) is 2. The fraction of sp³-hybridized carbons (Fsp3) is 0.750. The predicted molar refractivity (Wildman–Crippen MR) is 30.5 cm³/mol. The van der Waals surface area contributed by atoms with Crippen molar-refractivity contribution in [2.75, 3.05) is 13.1 Å². The summed E-state index contributed by atoms with van der Waals surface area (Å²) in [6.07, 6.45) is 2.74. The van der Waals surface area contributed by atoms with Crippen molar-refractivity contribution < 1.29 is 0 Å². The molecule has 0 fully saturated rings. The molecule has 3 heteroatoms. The highest BCUT2D eigenvalue weighted by Crippen LogP contribution is 1.97. The summed E-state index contributed by atoms with van der Waals surface area (Å²) >= 11 is 5.50. The lowest BCUT2D eigenvalue weighted by Gasteiger charge is -2.11. The van der Waals surface area contributed by atoms with E-state index in [2.05, 4.69) is 4.99 Å². The lowest BCUT2D eigenvalue weighted by molar-refractivity contribution is 0.598. The molecule has 2 nitrogen and oxygen atoms in total. The second-order valence-electron chi connectivity index (χ2n) is 1.50. The van der Waals surface area contributed by atoms with Gasteiger partial charge in [0.15, 0.2) is 0 Å². The zero-order valence-electron chi connectivity index (χ0n) is 3.97. The zero-order chi connectivity index (χ0) is 5.11. The number of hydrogen-bond donors (Lipinski definition) is 0. The van der Waals surface area contributed by atoms with Crippen LogP contribution in [0.4, 0.5) is 0 Å². The summed E-state index contributed by atoms with van der Waals surface area (Å²) in [5, 5.41) is 0. The Balaban J connectivity index is 2.36. The lowest BCUT2D eigenvalue weighted by atomic mass is 10.4. The van der Waals surface area contributed by atoms with Crippen LogP contribution in [0.3, 0.4) is 0 Å². The van der Waals surface area contributed by atoms with Crippen molar-refractivity contribution in [1.29, 1.82) is 0 Å². The molecule has 0 saturated carbocycles. The number of halogens is 1. The van der Waals surface area contributed by atoms with Crippen LogP contribution < -0.4 is 0 Å². The van der Waals surface area contributed by atoms with Crippen LogP contribution in [0.1, 0.15) is 6.42 Å². The van der Waals surface area contributed by atoms with Crippen LogP contribution in [0.15, 0.2) is 4.99 Å². The van der Waals surface area contributed by atoms with E-state index in [4.69, 9.17) is 11.8 Å². The number of nitrogens with zero attached hydrogens (tertiary/aromatic N) is 2. The van der Waals surface area contributed by atoms with E-state index in [0.29, 0.717) is 0 Å². The first-order valence-electron chi connectivity index (χ1n) is 2.32. The highest BCUT2D eigenvalue weighted by molar-refractivity contribution is 6.18. The normalized spacial score (nSPS) is 20.4. The Bertz CT molecular complexity index is 81.8. The van der Waals surface area contributed by atoms with Crippen LogP contribution in [-0.2, 0) is 0 Å². The molecule has 0 spiro atoms. The van der Waals surface area contributed by atoms with Crippen LogP contribution in [0.5, 0.6) is 0 Å². The van der Waals surface area contributed by atoms with Crippen LogP contribution in [0, 0.1) is 0 Å². The van der Waals surface area contributed by atoms with Gasteiger partial charge in [-0.05, 0) is 6.42 Å². The molecule has 1 aliphatic rings. The summed E-state index contributed by atoms with van der Waals surface area (Å²) in [6, 6.07) is 0. The van der Waals surface area contributed by atoms with E-state index in [1.807, 2.05) is 0 Å². The molecule has 7 heavy (non-hydrogen) atoms. The van der Waals surface area contributed by atoms with E-state index >= 15 is 0 Å². The fourth-order valence-electron chi connectivity index (χ4n) is 0.517. The van der Waals surface area contributed by atoms with Gasteiger partial charge in [-0.3, -0.25) is 9.41 Å². The van der Waals surface area contributed by atoms with Gasteiger partial charge < -0.3 is 0 Å². The summed E-state index contributed by atoms with van der Waals surface area (Å²) in [4.78, 5) is 3.93. The van der Waals surface area contributed by atoms with E-state index in [-0.39, 0.29) is 0 Å². The van der Waals surface area contributed by atoms with Crippen LogP contribution in [-0.4, -0.2) is 23.8 Å². The first-order chi connectivity index (χ1) is 3.39. The molecule has 0 N–H and O–H groups in total. The van der Waals surface area contributed by atoms with E-state index in [0.717, 1.165) is 19.5 Å². The minimum absolute atomic E-state index is 0.934. The molecule has 0 aromatic carbocycles. The van der Waals surface area contributed by atoms with Gasteiger partial charge in [-0.2, -0.15) is 0 Å². The standard InChI is InChI=1S/C4H7ClN2/c5-7-3-1-2-6-4-7/h4H,1-3H2. The molecule has 0 aromatic rings. The van der Waals surface area contributed by atoms with E-state index in [1.54, 1.807) is 10.8 Å². The molecule has 0 amide bonds. The van der Waals surface area contributed by atoms with Crippen LogP contribution in [0.25, 0.3) is 0 Å². The summed E-state index contributed by atoms with van der Waals surface area (Å²) in [5.74, 6) is 0. The molecule has 0 radical (unpaired) electrons. The van der Waals surface area contributed by atoms with Gasteiger partial charge in [0.1, 0.15) is 0 Å². The first-order valence-corrected chi connectivity index (χ1v) is 2.66. The molecule has 1 rings (SSSR count). The Morgan fingerprint density at radius 2 is 2.57 bits per heavy atom. The van der Waals surface area contributed by atoms with Crippen LogP contribution in [0.2, 0.25) is 0 Å². The zero-order valence-corrected chi connectivity index (χ0v) is 4.73. The van der Waals surface area contributed by atoms with Crippen molar-refractivity contribution >= 4 is 18.1 Å². The molecular formula is C4H7ClN2. The second kappa shape index (κ2) is 2.17. The predicted octanol–water partition coefficient (Wildman–Crippen LogP) is 0.874. The average molecular weight is 119 g/mol. The van der Waals surface area contributed by atoms with Crippen molar-refractivity contribution in [3.8, 4) is 0 Å². The topological polar surface area (TPSA) is 15.6 Å². The summed E-state index contributed by atoms with van der Waals surface area (Å²) in [7, 11) is 0. The quantitative estimate of drug-likeness (QED) is 0.431. The molecule has 0 aliphatic carbocycles. The Morgan fingerprint density at radius 1 is 1.71 bits per heavy atom. The third-order valence-corrected chi connectivity index (χ3v) is 1.12. The van der Waals surface area contributed by atoms with Crippen molar-refractivity contribution in [3.05, 3.63) is 0 Å². The number of aliphatic imine (C=N–C) groups is 1. The molecule has 0 atom stereocenters. The van der Waals surface area contributed by atoms with Gasteiger partial charge in [-0.15, -0.1) is 0 Å². The maximum absolute atomic E-state index is 5.50. The van der Waals surface area contributed by atoms with Gasteiger partial charge in [-0.1, -0.05) is 0 Å². The Morgan fingerprint density at radius 3 is 2.86 bits per heavy atom. The Kier molecular flexibility index (Phi) is 1.52. The first kappa shape index (κ1) is 4.91. The minimum Gasteiger partial charge on any atom is -0.275 e. The monoisotopic (exact) mass is 118 g/mol. The van der Waals surface area contributed by atoms with Gasteiger partial charge in [0.2, 0.25) is 0 Å². The van der Waals surface area contributed by atoms with Crippen LogP contribution >= 0.6 is 11.8 Å². The molecule has 40 valence electrons. The fourth-order valence-corrected chi connectivity index (χ4v) is 0.698. The molecule has 0 unspecified atom stereocenters. The average Bonchev–Trinajstić information content (AvgIpc) is 1.69. The van der Waals surface area contributed by atoms with Crippen molar-refractivity contribution in [2.45, 2.75) is 6.42 Å². The lowest BCUT2D eigenvalue weighted by Crippen LogP contribution is -2.16. The van der Waals surface area contributed by atoms with Gasteiger partial charge in [0.05, 0.1) is 6.34 Å². The third-order valence-electron chi connectivity index (χ3n) is 0.866. The summed E-state index contributed by atoms with van der Waals surface area (Å²) < 4.78 is 1.57. The Labute approximate surface area is 47.9 Å². The van der Waals surface area contributed by atoms with Gasteiger partial charge >= 0.3 is 0 Å². The highest BCUT2D eigenvalue weighted by Gasteiger charge is 1.97. The second-order valence-corrected chi connectivity index (χ2v) is 1.93. The van der Waals surface area contributed by atoms with E-state index in [9.17, 15) is 0 Å². The van der Waals surface area contributed by atoms with Crippen molar-refractivity contribution in [3.63, 3.8) is 0 Å². The smallest absolute Gasteiger partial charge is 0.0995 e. The Hall–Kier alpha value is -0.240. The van der Waals surface area contributed by atoms with Gasteiger partial charge in [0, 0.05) is 24.9 Å². The van der Waals surface area contributed by atoms with E-state index in [1.165, 1.54) is 0 Å².